The fourth-order valence-corrected chi connectivity index (χ4v) is 1.72. The van der Waals surface area contributed by atoms with Crippen LogP contribution in [0, 0.1) is 5.82 Å². The number of aromatic nitrogens is 3. The monoisotopic (exact) mass is 284 g/mol. The predicted molar refractivity (Wildman–Crippen MR) is 61.0 cm³/mol. The molecule has 16 heavy (non-hydrogen) atoms. The first-order chi connectivity index (χ1) is 7.75. The van der Waals surface area contributed by atoms with Crippen molar-refractivity contribution in [1.82, 2.24) is 20.5 Å². The van der Waals surface area contributed by atoms with Gasteiger partial charge in [0.2, 0.25) is 0 Å². The minimum absolute atomic E-state index is 0.251. The first-order valence-corrected chi connectivity index (χ1v) is 5.54. The second kappa shape index (κ2) is 5.18. The number of rotatable bonds is 4. The largest absolute Gasteiger partial charge is 0.306 e. The van der Waals surface area contributed by atoms with Crippen molar-refractivity contribution in [1.29, 1.82) is 0 Å². The zero-order valence-electron chi connectivity index (χ0n) is 8.37. The molecule has 0 aliphatic heterocycles. The van der Waals surface area contributed by atoms with E-state index in [-0.39, 0.29) is 5.82 Å². The van der Waals surface area contributed by atoms with Gasteiger partial charge in [0.25, 0.3) is 0 Å². The summed E-state index contributed by atoms with van der Waals surface area (Å²) in [6.45, 7) is 1.26. The van der Waals surface area contributed by atoms with Gasteiger partial charge in [-0.25, -0.2) is 9.37 Å². The SMILES string of the molecule is Fc1ccc(CNCc2ncn[nH]2)cc1Br. The van der Waals surface area contributed by atoms with E-state index < -0.39 is 0 Å². The van der Waals surface area contributed by atoms with Gasteiger partial charge in [0, 0.05) is 6.54 Å². The topological polar surface area (TPSA) is 53.6 Å². The number of aromatic amines is 1. The van der Waals surface area contributed by atoms with Crippen LogP contribution in [0.4, 0.5) is 4.39 Å². The summed E-state index contributed by atoms with van der Waals surface area (Å²) in [5, 5.41) is 9.67. The summed E-state index contributed by atoms with van der Waals surface area (Å²) in [5.74, 6) is 0.528. The van der Waals surface area contributed by atoms with Gasteiger partial charge in [-0.15, -0.1) is 0 Å². The van der Waals surface area contributed by atoms with E-state index in [1.165, 1.54) is 12.4 Å². The molecule has 0 aliphatic carbocycles. The Bertz CT molecular complexity index is 458. The molecule has 1 heterocycles. The highest BCUT2D eigenvalue weighted by Gasteiger charge is 2.00. The van der Waals surface area contributed by atoms with E-state index in [1.807, 2.05) is 0 Å². The van der Waals surface area contributed by atoms with Crippen LogP contribution in [-0.2, 0) is 13.1 Å². The molecule has 6 heteroatoms. The lowest BCUT2D eigenvalue weighted by Gasteiger charge is -2.03. The zero-order valence-corrected chi connectivity index (χ0v) is 9.96. The Hall–Kier alpha value is -1.27. The zero-order chi connectivity index (χ0) is 11.4. The van der Waals surface area contributed by atoms with Crippen molar-refractivity contribution in [2.75, 3.05) is 0 Å². The third-order valence-electron chi connectivity index (χ3n) is 2.07. The van der Waals surface area contributed by atoms with Crippen molar-refractivity contribution in [3.63, 3.8) is 0 Å². The Morgan fingerprint density at radius 1 is 1.38 bits per heavy atom. The second-order valence-electron chi connectivity index (χ2n) is 3.28. The lowest BCUT2D eigenvalue weighted by atomic mass is 10.2. The number of nitrogens with one attached hydrogen (secondary N) is 2. The summed E-state index contributed by atoms with van der Waals surface area (Å²) in [4.78, 5) is 3.98. The van der Waals surface area contributed by atoms with Gasteiger partial charge in [0.15, 0.2) is 0 Å². The van der Waals surface area contributed by atoms with Crippen molar-refractivity contribution in [2.24, 2.45) is 0 Å². The molecule has 4 nitrogen and oxygen atoms in total. The van der Waals surface area contributed by atoms with Crippen molar-refractivity contribution in [3.05, 3.63) is 46.2 Å². The Labute approximate surface area is 100 Å². The van der Waals surface area contributed by atoms with Crippen molar-refractivity contribution in [2.45, 2.75) is 13.1 Å². The number of halogens is 2. The Balaban J connectivity index is 1.87. The molecule has 1 aromatic carbocycles. The maximum absolute atomic E-state index is 13.0. The molecule has 1 aromatic heterocycles. The van der Waals surface area contributed by atoms with E-state index in [1.54, 1.807) is 12.1 Å². The van der Waals surface area contributed by atoms with Crippen LogP contribution in [0.2, 0.25) is 0 Å². The highest BCUT2D eigenvalue weighted by molar-refractivity contribution is 9.10. The van der Waals surface area contributed by atoms with Crippen LogP contribution in [0.25, 0.3) is 0 Å². The van der Waals surface area contributed by atoms with Gasteiger partial charge in [0.1, 0.15) is 18.0 Å². The van der Waals surface area contributed by atoms with Gasteiger partial charge in [-0.2, -0.15) is 5.10 Å². The molecular formula is C10H10BrFN4. The number of hydrogen-bond acceptors (Lipinski definition) is 3. The lowest BCUT2D eigenvalue weighted by molar-refractivity contribution is 0.617. The predicted octanol–water partition coefficient (Wildman–Crippen LogP) is 2.00. The van der Waals surface area contributed by atoms with E-state index in [4.69, 9.17) is 0 Å². The summed E-state index contributed by atoms with van der Waals surface area (Å²) in [6, 6.07) is 4.94. The standard InChI is InChI=1S/C10H10BrFN4/c11-8-3-7(1-2-9(8)12)4-13-5-10-14-6-15-16-10/h1-3,6,13H,4-5H2,(H,14,15,16). The smallest absolute Gasteiger partial charge is 0.138 e. The molecule has 0 unspecified atom stereocenters. The van der Waals surface area contributed by atoms with Crippen LogP contribution in [0.15, 0.2) is 29.0 Å². The Morgan fingerprint density at radius 3 is 2.94 bits per heavy atom. The minimum Gasteiger partial charge on any atom is -0.306 e. The highest BCUT2D eigenvalue weighted by atomic mass is 79.9. The fourth-order valence-electron chi connectivity index (χ4n) is 1.29. The lowest BCUT2D eigenvalue weighted by Crippen LogP contribution is -2.13. The van der Waals surface area contributed by atoms with Crippen LogP contribution in [0.1, 0.15) is 11.4 Å². The average molecular weight is 285 g/mol. The van der Waals surface area contributed by atoms with E-state index in [9.17, 15) is 4.39 Å². The molecule has 2 aromatic rings. The molecule has 0 saturated heterocycles. The molecule has 84 valence electrons. The number of benzene rings is 1. The van der Waals surface area contributed by atoms with Crippen LogP contribution >= 0.6 is 15.9 Å². The molecular weight excluding hydrogens is 275 g/mol. The van der Waals surface area contributed by atoms with Crippen molar-refractivity contribution in [3.8, 4) is 0 Å². The van der Waals surface area contributed by atoms with Crippen molar-refractivity contribution < 1.29 is 4.39 Å². The van der Waals surface area contributed by atoms with Gasteiger partial charge in [-0.05, 0) is 33.6 Å². The maximum Gasteiger partial charge on any atom is 0.138 e. The molecule has 0 saturated carbocycles. The van der Waals surface area contributed by atoms with Crippen LogP contribution in [0.3, 0.4) is 0 Å². The third-order valence-corrected chi connectivity index (χ3v) is 2.68. The normalized spacial score (nSPS) is 10.6. The minimum atomic E-state index is -0.251. The van der Waals surface area contributed by atoms with Gasteiger partial charge in [-0.1, -0.05) is 6.07 Å². The first-order valence-electron chi connectivity index (χ1n) is 4.74. The first kappa shape index (κ1) is 11.2. The second-order valence-corrected chi connectivity index (χ2v) is 4.14. The average Bonchev–Trinajstić information content (AvgIpc) is 2.76. The van der Waals surface area contributed by atoms with Gasteiger partial charge >= 0.3 is 0 Å². The van der Waals surface area contributed by atoms with Crippen LogP contribution in [0.5, 0.6) is 0 Å². The molecule has 0 amide bonds. The Kier molecular flexibility index (Phi) is 3.63. The molecule has 0 bridgehead atoms. The molecule has 2 rings (SSSR count). The van der Waals surface area contributed by atoms with Crippen LogP contribution in [-0.4, -0.2) is 15.2 Å². The van der Waals surface area contributed by atoms with E-state index >= 15 is 0 Å². The summed E-state index contributed by atoms with van der Waals surface area (Å²) >= 11 is 3.15. The molecule has 0 spiro atoms. The van der Waals surface area contributed by atoms with Crippen molar-refractivity contribution >= 4 is 15.9 Å². The number of H-pyrrole nitrogens is 1. The van der Waals surface area contributed by atoms with E-state index in [0.29, 0.717) is 17.6 Å². The maximum atomic E-state index is 13.0. The summed E-state index contributed by atoms with van der Waals surface area (Å²) < 4.78 is 13.4. The third kappa shape index (κ3) is 2.86. The van der Waals surface area contributed by atoms with Crippen LogP contribution < -0.4 is 5.32 Å². The quantitative estimate of drug-likeness (QED) is 0.903. The highest BCUT2D eigenvalue weighted by Crippen LogP contribution is 2.16. The molecule has 0 atom stereocenters. The molecule has 0 fully saturated rings. The molecule has 0 radical (unpaired) electrons. The summed E-state index contributed by atoms with van der Waals surface area (Å²) in [7, 11) is 0. The fraction of sp³-hybridized carbons (Fsp3) is 0.200. The number of hydrogen-bond donors (Lipinski definition) is 2. The van der Waals surface area contributed by atoms with Gasteiger partial charge in [-0.3, -0.25) is 5.10 Å². The van der Waals surface area contributed by atoms with E-state index in [0.717, 1.165) is 11.4 Å². The van der Waals surface area contributed by atoms with Gasteiger partial charge < -0.3 is 5.32 Å². The molecule has 0 aliphatic rings. The van der Waals surface area contributed by atoms with E-state index in [2.05, 4.69) is 36.4 Å². The summed E-state index contributed by atoms with van der Waals surface area (Å²) in [5.41, 5.74) is 1.01. The summed E-state index contributed by atoms with van der Waals surface area (Å²) in [6.07, 6.45) is 1.46. The van der Waals surface area contributed by atoms with Gasteiger partial charge in [0.05, 0.1) is 11.0 Å². The number of nitrogens with zero attached hydrogens (tertiary/aromatic N) is 2. The Morgan fingerprint density at radius 2 is 2.25 bits per heavy atom. The molecule has 2 N–H and O–H groups in total.